The molecule has 3 atom stereocenters. The van der Waals surface area contributed by atoms with E-state index in [0.29, 0.717) is 23.7 Å². The average molecular weight is 358 g/mol. The van der Waals surface area contributed by atoms with Gasteiger partial charge in [-0.1, -0.05) is 45.8 Å². The van der Waals surface area contributed by atoms with E-state index >= 15 is 0 Å². The molecule has 3 rings (SSSR count). The molecule has 1 unspecified atom stereocenters. The fraction of sp³-hybridized carbons (Fsp3) is 0.591. The number of carbonyl (C=O) groups is 1. The Hall–Kier alpha value is -1.97. The van der Waals surface area contributed by atoms with Crippen molar-refractivity contribution in [1.82, 2.24) is 0 Å². The maximum atomic E-state index is 11.2. The predicted octanol–water partition coefficient (Wildman–Crippen LogP) is 5.26. The number of hydrogen-bond donors (Lipinski definition) is 3. The van der Waals surface area contributed by atoms with Crippen LogP contribution >= 0.6 is 0 Å². The number of phenols is 3. The van der Waals surface area contributed by atoms with Crippen molar-refractivity contribution in [1.29, 1.82) is 0 Å². The number of fused-ring (bicyclic) bond motifs is 1. The van der Waals surface area contributed by atoms with Crippen LogP contribution in [0.1, 0.15) is 75.7 Å². The van der Waals surface area contributed by atoms with Crippen molar-refractivity contribution in [2.24, 2.45) is 22.7 Å². The van der Waals surface area contributed by atoms with E-state index in [0.717, 1.165) is 12.8 Å². The third kappa shape index (κ3) is 2.80. The van der Waals surface area contributed by atoms with E-state index in [1.54, 1.807) is 0 Å². The molecule has 2 aliphatic carbocycles. The summed E-state index contributed by atoms with van der Waals surface area (Å²) in [6, 6.07) is 1.35. The first-order valence-corrected chi connectivity index (χ1v) is 9.57. The number of aldehydes is 1. The lowest BCUT2D eigenvalue weighted by Gasteiger charge is -2.56. The molecule has 3 N–H and O–H groups in total. The molecule has 0 heterocycles. The number of carbonyl (C=O) groups excluding carboxylic acids is 1. The third-order valence-corrected chi connectivity index (χ3v) is 7.06. The molecule has 0 amide bonds. The van der Waals surface area contributed by atoms with Gasteiger partial charge >= 0.3 is 0 Å². The molecule has 26 heavy (non-hydrogen) atoms. The third-order valence-electron chi connectivity index (χ3n) is 7.06. The second-order valence-corrected chi connectivity index (χ2v) is 9.10. The Morgan fingerprint density at radius 2 is 1.77 bits per heavy atom. The molecule has 142 valence electrons. The summed E-state index contributed by atoms with van der Waals surface area (Å²) in [6.45, 7) is 9.26. The van der Waals surface area contributed by atoms with Gasteiger partial charge in [0.05, 0.1) is 0 Å². The highest BCUT2D eigenvalue weighted by Crippen LogP contribution is 2.61. The standard InChI is InChI=1S/C22H30O4/c1-13-6-7-18-21(2,3)8-5-9-22(18,4)16(13)10-14-11-17(24)20(26)15(12-23)19(14)25/h10-13,18,24-26H,5-9H2,1-4H3/b16-10+/t13-,18?,22+/m0/s1. The SMILES string of the molecule is C[C@H]1CCC2C(C)(C)CCC[C@]2(C)/C1=C/c1cc(O)c(O)c(C=O)c1O. The molecule has 0 aliphatic heterocycles. The number of phenolic OH excluding ortho intramolecular Hbond substituents is 3. The number of hydrogen-bond acceptors (Lipinski definition) is 4. The summed E-state index contributed by atoms with van der Waals surface area (Å²) in [4.78, 5) is 11.2. The Bertz CT molecular complexity index is 762. The Morgan fingerprint density at radius 1 is 1.08 bits per heavy atom. The second-order valence-electron chi connectivity index (χ2n) is 9.10. The molecule has 2 aliphatic rings. The molecule has 0 aromatic heterocycles. The van der Waals surface area contributed by atoms with Gasteiger partial charge in [-0.3, -0.25) is 4.79 Å². The zero-order chi connectivity index (χ0) is 19.3. The van der Waals surface area contributed by atoms with Crippen molar-refractivity contribution in [3.63, 3.8) is 0 Å². The van der Waals surface area contributed by atoms with Crippen LogP contribution in [0.2, 0.25) is 0 Å². The first kappa shape index (κ1) is 18.8. The van der Waals surface area contributed by atoms with Crippen LogP contribution in [0.5, 0.6) is 17.2 Å². The van der Waals surface area contributed by atoms with Gasteiger partial charge in [-0.2, -0.15) is 0 Å². The van der Waals surface area contributed by atoms with E-state index in [4.69, 9.17) is 0 Å². The van der Waals surface area contributed by atoms with Gasteiger partial charge in [0.2, 0.25) is 0 Å². The lowest BCUT2D eigenvalue weighted by atomic mass is 9.48. The Balaban J connectivity index is 2.15. The summed E-state index contributed by atoms with van der Waals surface area (Å²) >= 11 is 0. The quantitative estimate of drug-likeness (QED) is 0.383. The fourth-order valence-corrected chi connectivity index (χ4v) is 5.70. The van der Waals surface area contributed by atoms with E-state index in [1.165, 1.54) is 30.9 Å². The highest BCUT2D eigenvalue weighted by atomic mass is 16.3. The molecule has 0 radical (unpaired) electrons. The summed E-state index contributed by atoms with van der Waals surface area (Å²) in [5.41, 5.74) is 1.74. The summed E-state index contributed by atoms with van der Waals surface area (Å²) in [5, 5.41) is 30.2. The van der Waals surface area contributed by atoms with Crippen LogP contribution in [0.4, 0.5) is 0 Å². The molecule has 1 aromatic carbocycles. The smallest absolute Gasteiger partial charge is 0.171 e. The Kier molecular flexibility index (Phi) is 4.58. The van der Waals surface area contributed by atoms with Crippen LogP contribution in [-0.4, -0.2) is 21.6 Å². The first-order chi connectivity index (χ1) is 12.1. The lowest BCUT2D eigenvalue weighted by Crippen LogP contribution is -2.47. The van der Waals surface area contributed by atoms with Gasteiger partial charge in [0.25, 0.3) is 0 Å². The van der Waals surface area contributed by atoms with E-state index in [2.05, 4.69) is 27.7 Å². The zero-order valence-electron chi connectivity index (χ0n) is 16.2. The van der Waals surface area contributed by atoms with E-state index in [1.807, 2.05) is 6.08 Å². The number of aromatic hydroxyl groups is 3. The van der Waals surface area contributed by atoms with Gasteiger partial charge in [-0.15, -0.1) is 0 Å². The van der Waals surface area contributed by atoms with Gasteiger partial charge in [0, 0.05) is 5.56 Å². The number of allylic oxidation sites excluding steroid dienone is 1. The van der Waals surface area contributed by atoms with E-state index in [-0.39, 0.29) is 27.9 Å². The fourth-order valence-electron chi connectivity index (χ4n) is 5.70. The van der Waals surface area contributed by atoms with Crippen LogP contribution in [-0.2, 0) is 0 Å². The van der Waals surface area contributed by atoms with Crippen LogP contribution in [0.15, 0.2) is 11.6 Å². The zero-order valence-corrected chi connectivity index (χ0v) is 16.2. The topological polar surface area (TPSA) is 77.8 Å². The minimum atomic E-state index is -0.570. The molecular formula is C22H30O4. The Morgan fingerprint density at radius 3 is 2.42 bits per heavy atom. The summed E-state index contributed by atoms with van der Waals surface area (Å²) in [5.74, 6) is -0.273. The summed E-state index contributed by atoms with van der Waals surface area (Å²) in [7, 11) is 0. The van der Waals surface area contributed by atoms with Crippen LogP contribution in [0.3, 0.4) is 0 Å². The predicted molar refractivity (Wildman–Crippen MR) is 102 cm³/mol. The molecule has 4 nitrogen and oxygen atoms in total. The molecule has 1 aromatic rings. The van der Waals surface area contributed by atoms with Crippen molar-refractivity contribution in [2.75, 3.05) is 0 Å². The first-order valence-electron chi connectivity index (χ1n) is 9.57. The highest BCUT2D eigenvalue weighted by Gasteiger charge is 2.51. The normalized spacial score (nSPS) is 32.2. The molecule has 2 saturated carbocycles. The second kappa shape index (κ2) is 6.33. The van der Waals surface area contributed by atoms with Crippen LogP contribution in [0, 0.1) is 22.7 Å². The molecule has 0 bridgehead atoms. The molecule has 4 heteroatoms. The molecular weight excluding hydrogens is 328 g/mol. The lowest BCUT2D eigenvalue weighted by molar-refractivity contribution is -0.00534. The van der Waals surface area contributed by atoms with Gasteiger partial charge in [0.15, 0.2) is 17.8 Å². The van der Waals surface area contributed by atoms with Crippen molar-refractivity contribution >= 4 is 12.4 Å². The van der Waals surface area contributed by atoms with Crippen LogP contribution < -0.4 is 0 Å². The summed E-state index contributed by atoms with van der Waals surface area (Å²) in [6.07, 6.45) is 8.15. The van der Waals surface area contributed by atoms with Crippen molar-refractivity contribution in [3.8, 4) is 17.2 Å². The van der Waals surface area contributed by atoms with Crippen molar-refractivity contribution in [3.05, 3.63) is 22.8 Å². The molecule has 0 spiro atoms. The van der Waals surface area contributed by atoms with Gasteiger partial charge in [-0.05, 0) is 54.4 Å². The molecule has 0 saturated heterocycles. The minimum Gasteiger partial charge on any atom is -0.506 e. The highest BCUT2D eigenvalue weighted by molar-refractivity contribution is 5.88. The Labute approximate surface area is 155 Å². The summed E-state index contributed by atoms with van der Waals surface area (Å²) < 4.78 is 0. The molecule has 2 fully saturated rings. The minimum absolute atomic E-state index is 0.0424. The van der Waals surface area contributed by atoms with E-state index < -0.39 is 5.75 Å². The number of rotatable bonds is 2. The van der Waals surface area contributed by atoms with Crippen molar-refractivity contribution in [2.45, 2.75) is 59.8 Å². The van der Waals surface area contributed by atoms with Gasteiger partial charge < -0.3 is 15.3 Å². The maximum Gasteiger partial charge on any atom is 0.171 e. The maximum absolute atomic E-state index is 11.2. The largest absolute Gasteiger partial charge is 0.506 e. The van der Waals surface area contributed by atoms with Crippen molar-refractivity contribution < 1.29 is 20.1 Å². The number of benzene rings is 1. The van der Waals surface area contributed by atoms with Gasteiger partial charge in [0.1, 0.15) is 11.3 Å². The van der Waals surface area contributed by atoms with E-state index in [9.17, 15) is 20.1 Å². The van der Waals surface area contributed by atoms with Crippen LogP contribution in [0.25, 0.3) is 6.08 Å². The monoisotopic (exact) mass is 358 g/mol. The average Bonchev–Trinajstić information content (AvgIpc) is 2.55. The van der Waals surface area contributed by atoms with Gasteiger partial charge in [-0.25, -0.2) is 0 Å².